The number of aliphatic hydroxyl groups is 1. The number of unbranched alkanes of at least 4 members (excludes halogenated alkanes) is 2. The highest BCUT2D eigenvalue weighted by Crippen LogP contribution is 2.15. The molecule has 0 spiro atoms. The summed E-state index contributed by atoms with van der Waals surface area (Å²) in [5.74, 6) is 0. The minimum absolute atomic E-state index is 0.944. The summed E-state index contributed by atoms with van der Waals surface area (Å²) in [6.07, 6.45) is 7.13. The number of rotatable bonds is 7. The molecular weight excluding hydrogens is 196 g/mol. The second-order valence-corrected chi connectivity index (χ2v) is 4.42. The number of hydrogen-bond acceptors (Lipinski definition) is 1. The van der Waals surface area contributed by atoms with Gasteiger partial charge in [-0.05, 0) is 42.4 Å². The van der Waals surface area contributed by atoms with Crippen molar-refractivity contribution < 1.29 is 5.11 Å². The number of aliphatic hydroxyl groups excluding tert-OH is 1. The highest BCUT2D eigenvalue weighted by molar-refractivity contribution is 5.33. The lowest BCUT2D eigenvalue weighted by atomic mass is 9.99. The number of aryl methyl sites for hydroxylation is 2. The van der Waals surface area contributed by atoms with E-state index in [-0.39, 0.29) is 0 Å². The average molecular weight is 219 g/mol. The van der Waals surface area contributed by atoms with Crippen LogP contribution in [0, 0.1) is 6.61 Å². The fourth-order valence-corrected chi connectivity index (χ4v) is 1.92. The van der Waals surface area contributed by atoms with Gasteiger partial charge in [0.15, 0.2) is 0 Å². The van der Waals surface area contributed by atoms with E-state index in [9.17, 15) is 0 Å². The summed E-state index contributed by atoms with van der Waals surface area (Å²) in [5, 5.41) is 9.11. The molecule has 0 fully saturated rings. The highest BCUT2D eigenvalue weighted by Gasteiger charge is 2.01. The topological polar surface area (TPSA) is 20.2 Å². The summed E-state index contributed by atoms with van der Waals surface area (Å²) >= 11 is 0. The third-order valence-corrected chi connectivity index (χ3v) is 2.86. The molecule has 1 N–H and O–H groups in total. The average Bonchev–Trinajstić information content (AvgIpc) is 2.33. The van der Waals surface area contributed by atoms with Crippen molar-refractivity contribution in [3.8, 4) is 0 Å². The molecular formula is C15H23O. The summed E-state index contributed by atoms with van der Waals surface area (Å²) in [4.78, 5) is 0. The molecule has 0 unspecified atom stereocenters. The summed E-state index contributed by atoms with van der Waals surface area (Å²) in [7, 11) is 0. The third kappa shape index (κ3) is 4.36. The van der Waals surface area contributed by atoms with Crippen LogP contribution in [0.4, 0.5) is 0 Å². The quantitative estimate of drug-likeness (QED) is 0.726. The first kappa shape index (κ1) is 13.2. The van der Waals surface area contributed by atoms with E-state index >= 15 is 0 Å². The molecule has 0 aliphatic rings. The molecule has 89 valence electrons. The van der Waals surface area contributed by atoms with Gasteiger partial charge in [0.2, 0.25) is 0 Å². The summed E-state index contributed by atoms with van der Waals surface area (Å²) in [5.41, 5.74) is 3.66. The zero-order valence-electron chi connectivity index (χ0n) is 10.5. The van der Waals surface area contributed by atoms with Crippen molar-refractivity contribution in [1.82, 2.24) is 0 Å². The molecule has 1 radical (unpaired) electrons. The van der Waals surface area contributed by atoms with Crippen molar-refractivity contribution in [2.75, 3.05) is 0 Å². The molecule has 0 aliphatic heterocycles. The normalized spacial score (nSPS) is 10.7. The Kier molecular flexibility index (Phi) is 6.17. The van der Waals surface area contributed by atoms with Crippen LogP contribution in [-0.4, -0.2) is 5.11 Å². The van der Waals surface area contributed by atoms with Crippen LogP contribution in [0.5, 0.6) is 0 Å². The van der Waals surface area contributed by atoms with E-state index in [1.807, 2.05) is 0 Å². The fourth-order valence-electron chi connectivity index (χ4n) is 1.92. The van der Waals surface area contributed by atoms with Gasteiger partial charge < -0.3 is 5.11 Å². The van der Waals surface area contributed by atoms with Gasteiger partial charge in [0.1, 0.15) is 6.61 Å². The highest BCUT2D eigenvalue weighted by atomic mass is 16.3. The molecule has 0 heterocycles. The van der Waals surface area contributed by atoms with E-state index in [1.54, 1.807) is 0 Å². The van der Waals surface area contributed by atoms with Crippen molar-refractivity contribution in [3.05, 3.63) is 41.5 Å². The molecule has 1 aromatic carbocycles. The first-order valence-corrected chi connectivity index (χ1v) is 6.40. The zero-order chi connectivity index (χ0) is 11.8. The van der Waals surface area contributed by atoms with E-state index in [0.29, 0.717) is 0 Å². The van der Waals surface area contributed by atoms with Crippen molar-refractivity contribution in [1.29, 1.82) is 0 Å². The maximum atomic E-state index is 9.11. The largest absolute Gasteiger partial charge is 0.385 e. The van der Waals surface area contributed by atoms with Crippen molar-refractivity contribution in [2.24, 2.45) is 0 Å². The van der Waals surface area contributed by atoms with Gasteiger partial charge in [-0.3, -0.25) is 0 Å². The second kappa shape index (κ2) is 7.45. The van der Waals surface area contributed by atoms with Gasteiger partial charge in [-0.15, -0.1) is 0 Å². The fraction of sp³-hybridized carbons (Fsp3) is 0.533. The Morgan fingerprint density at radius 1 is 0.938 bits per heavy atom. The minimum atomic E-state index is 0.944. The standard InChI is InChI=1S/C15H23O/c1-3-5-7-13-9-14(8-6-4-2)11-15(10-13)12-16/h9-12,16H,3-8H2,1-2H3. The Balaban J connectivity index is 2.74. The van der Waals surface area contributed by atoms with Crippen molar-refractivity contribution >= 4 is 0 Å². The minimum Gasteiger partial charge on any atom is -0.385 e. The molecule has 0 bridgehead atoms. The first-order valence-electron chi connectivity index (χ1n) is 6.40. The van der Waals surface area contributed by atoms with Crippen molar-refractivity contribution in [2.45, 2.75) is 52.4 Å². The van der Waals surface area contributed by atoms with E-state index in [0.717, 1.165) is 18.4 Å². The lowest BCUT2D eigenvalue weighted by molar-refractivity contribution is 0.414. The summed E-state index contributed by atoms with van der Waals surface area (Å²) in [6.45, 7) is 5.63. The molecule has 0 atom stereocenters. The van der Waals surface area contributed by atoms with Crippen LogP contribution in [0.2, 0.25) is 0 Å². The number of hydrogen-bond donors (Lipinski definition) is 1. The third-order valence-electron chi connectivity index (χ3n) is 2.86. The predicted molar refractivity (Wildman–Crippen MR) is 69.0 cm³/mol. The Morgan fingerprint density at radius 3 is 1.81 bits per heavy atom. The van der Waals surface area contributed by atoms with Crippen LogP contribution < -0.4 is 0 Å². The Bertz CT molecular complexity index is 278. The van der Waals surface area contributed by atoms with E-state index < -0.39 is 0 Å². The van der Waals surface area contributed by atoms with Gasteiger partial charge in [0, 0.05) is 0 Å². The molecule has 0 amide bonds. The van der Waals surface area contributed by atoms with Gasteiger partial charge in [-0.25, -0.2) is 0 Å². The Morgan fingerprint density at radius 2 is 1.44 bits per heavy atom. The maximum absolute atomic E-state index is 9.11. The van der Waals surface area contributed by atoms with Crippen LogP contribution in [0.25, 0.3) is 0 Å². The van der Waals surface area contributed by atoms with Crippen LogP contribution >= 0.6 is 0 Å². The van der Waals surface area contributed by atoms with E-state index in [4.69, 9.17) is 5.11 Å². The van der Waals surface area contributed by atoms with E-state index in [1.165, 1.54) is 43.4 Å². The molecule has 16 heavy (non-hydrogen) atoms. The van der Waals surface area contributed by atoms with Gasteiger partial charge in [-0.2, -0.15) is 0 Å². The monoisotopic (exact) mass is 219 g/mol. The first-order chi connectivity index (χ1) is 7.80. The molecule has 1 nitrogen and oxygen atoms in total. The predicted octanol–water partition coefficient (Wildman–Crippen LogP) is 4.25. The number of benzene rings is 1. The molecule has 1 aromatic rings. The SMILES string of the molecule is CCCCc1cc([CH]O)cc(CCCC)c1. The van der Waals surface area contributed by atoms with Crippen molar-refractivity contribution in [3.63, 3.8) is 0 Å². The lowest BCUT2D eigenvalue weighted by Crippen LogP contribution is -1.93. The second-order valence-electron chi connectivity index (χ2n) is 4.42. The van der Waals surface area contributed by atoms with Crippen LogP contribution in [0.1, 0.15) is 56.2 Å². The molecule has 0 aromatic heterocycles. The van der Waals surface area contributed by atoms with Gasteiger partial charge in [0.25, 0.3) is 0 Å². The Hall–Kier alpha value is -0.820. The molecule has 0 saturated carbocycles. The van der Waals surface area contributed by atoms with Gasteiger partial charge >= 0.3 is 0 Å². The van der Waals surface area contributed by atoms with Crippen LogP contribution in [0.3, 0.4) is 0 Å². The molecule has 0 saturated heterocycles. The Labute approximate surface area is 99.5 Å². The smallest absolute Gasteiger partial charge is 0.109 e. The lowest BCUT2D eigenvalue weighted by Gasteiger charge is -2.07. The summed E-state index contributed by atoms with van der Waals surface area (Å²) in [6, 6.07) is 6.47. The summed E-state index contributed by atoms with van der Waals surface area (Å²) < 4.78 is 0. The molecule has 1 rings (SSSR count). The maximum Gasteiger partial charge on any atom is 0.109 e. The van der Waals surface area contributed by atoms with Gasteiger partial charge in [0.05, 0.1) is 0 Å². The molecule has 1 heteroatoms. The zero-order valence-corrected chi connectivity index (χ0v) is 10.5. The molecule has 0 aliphatic carbocycles. The van der Waals surface area contributed by atoms with Crippen LogP contribution in [0.15, 0.2) is 18.2 Å². The van der Waals surface area contributed by atoms with E-state index in [2.05, 4.69) is 32.0 Å². The van der Waals surface area contributed by atoms with Crippen LogP contribution in [-0.2, 0) is 12.8 Å². The van der Waals surface area contributed by atoms with Gasteiger partial charge in [-0.1, -0.05) is 44.9 Å².